The first kappa shape index (κ1) is 21.9. The minimum atomic E-state index is -4.47. The normalized spacial score (nSPS) is 12.0. The Hall–Kier alpha value is -3.36. The van der Waals surface area contributed by atoms with Gasteiger partial charge in [0, 0.05) is 12.0 Å². The lowest BCUT2D eigenvalue weighted by Gasteiger charge is -2.17. The standard InChI is InChI=1S/C20H18F3NO5/c1-28-18(26)14-5-3-4-13(11-14)17(25)24-16(19(27)29-2)10-12-6-8-15(9-7-12)20(21,22)23/h3-9,11,16H,10H2,1-2H3,(H,24,25)/t16-/m1/s1. The van der Waals surface area contributed by atoms with E-state index in [0.717, 1.165) is 19.2 Å². The van der Waals surface area contributed by atoms with Gasteiger partial charge in [0.15, 0.2) is 0 Å². The average molecular weight is 409 g/mol. The smallest absolute Gasteiger partial charge is 0.416 e. The molecule has 0 aliphatic heterocycles. The first-order valence-electron chi connectivity index (χ1n) is 8.39. The molecule has 0 unspecified atom stereocenters. The summed E-state index contributed by atoms with van der Waals surface area (Å²) in [6.07, 6.45) is -4.55. The van der Waals surface area contributed by atoms with Crippen LogP contribution in [0.5, 0.6) is 0 Å². The van der Waals surface area contributed by atoms with Crippen molar-refractivity contribution in [3.63, 3.8) is 0 Å². The summed E-state index contributed by atoms with van der Waals surface area (Å²) in [6.45, 7) is 0. The Balaban J connectivity index is 2.18. The largest absolute Gasteiger partial charge is 0.467 e. The number of esters is 2. The van der Waals surface area contributed by atoms with Gasteiger partial charge in [0.1, 0.15) is 6.04 Å². The van der Waals surface area contributed by atoms with Crippen LogP contribution in [0.3, 0.4) is 0 Å². The minimum absolute atomic E-state index is 0.0761. The molecule has 1 atom stereocenters. The number of nitrogens with one attached hydrogen (secondary N) is 1. The predicted octanol–water partition coefficient (Wildman–Crippen LogP) is 3.01. The fourth-order valence-electron chi connectivity index (χ4n) is 2.55. The van der Waals surface area contributed by atoms with E-state index in [9.17, 15) is 27.6 Å². The van der Waals surface area contributed by atoms with Gasteiger partial charge in [-0.1, -0.05) is 18.2 Å². The Bertz CT molecular complexity index is 894. The van der Waals surface area contributed by atoms with E-state index in [0.29, 0.717) is 5.56 Å². The van der Waals surface area contributed by atoms with E-state index in [1.165, 1.54) is 43.5 Å². The molecule has 1 N–H and O–H groups in total. The molecule has 154 valence electrons. The van der Waals surface area contributed by atoms with E-state index in [4.69, 9.17) is 0 Å². The summed E-state index contributed by atoms with van der Waals surface area (Å²) in [5, 5.41) is 2.47. The molecular weight excluding hydrogens is 391 g/mol. The van der Waals surface area contributed by atoms with Gasteiger partial charge in [-0.25, -0.2) is 9.59 Å². The molecule has 0 saturated heterocycles. The maximum atomic E-state index is 12.7. The second-order valence-corrected chi connectivity index (χ2v) is 6.02. The summed E-state index contributed by atoms with van der Waals surface area (Å²) < 4.78 is 47.3. The maximum absolute atomic E-state index is 12.7. The number of hydrogen-bond acceptors (Lipinski definition) is 5. The third-order valence-corrected chi connectivity index (χ3v) is 4.06. The maximum Gasteiger partial charge on any atom is 0.416 e. The van der Waals surface area contributed by atoms with Gasteiger partial charge in [-0.05, 0) is 35.9 Å². The van der Waals surface area contributed by atoms with Crippen molar-refractivity contribution in [3.8, 4) is 0 Å². The molecule has 0 saturated carbocycles. The predicted molar refractivity (Wildman–Crippen MR) is 96.2 cm³/mol. The molecule has 2 aromatic carbocycles. The molecule has 0 aromatic heterocycles. The van der Waals surface area contributed by atoms with Gasteiger partial charge in [0.05, 0.1) is 25.3 Å². The van der Waals surface area contributed by atoms with E-state index in [2.05, 4.69) is 14.8 Å². The molecule has 0 aliphatic rings. The molecule has 2 aromatic rings. The van der Waals surface area contributed by atoms with Gasteiger partial charge < -0.3 is 14.8 Å². The van der Waals surface area contributed by atoms with Crippen LogP contribution in [0.4, 0.5) is 13.2 Å². The lowest BCUT2D eigenvalue weighted by Crippen LogP contribution is -2.43. The summed E-state index contributed by atoms with van der Waals surface area (Å²) in [6, 6.07) is 8.78. The van der Waals surface area contributed by atoms with Gasteiger partial charge in [-0.2, -0.15) is 13.2 Å². The molecule has 0 fully saturated rings. The Labute approximate surface area is 164 Å². The van der Waals surface area contributed by atoms with Crippen LogP contribution >= 0.6 is 0 Å². The second-order valence-electron chi connectivity index (χ2n) is 6.02. The number of methoxy groups -OCH3 is 2. The number of alkyl halides is 3. The SMILES string of the molecule is COC(=O)c1cccc(C(=O)N[C@H](Cc2ccc(C(F)(F)F)cc2)C(=O)OC)c1. The zero-order chi connectivity index (χ0) is 21.6. The van der Waals surface area contributed by atoms with Crippen molar-refractivity contribution in [1.82, 2.24) is 5.32 Å². The van der Waals surface area contributed by atoms with Crippen LogP contribution in [-0.4, -0.2) is 38.1 Å². The Kier molecular flexibility index (Phi) is 6.98. The summed E-state index contributed by atoms with van der Waals surface area (Å²) in [5.41, 5.74) is -0.164. The number of ether oxygens (including phenoxy) is 2. The molecule has 1 amide bonds. The monoisotopic (exact) mass is 409 g/mol. The number of benzene rings is 2. The van der Waals surface area contributed by atoms with Crippen LogP contribution in [0.25, 0.3) is 0 Å². The van der Waals surface area contributed by atoms with Crippen molar-refractivity contribution < 1.29 is 37.0 Å². The van der Waals surface area contributed by atoms with Crippen LogP contribution in [0.1, 0.15) is 31.8 Å². The quantitative estimate of drug-likeness (QED) is 0.742. The van der Waals surface area contributed by atoms with E-state index >= 15 is 0 Å². The van der Waals surface area contributed by atoms with Crippen molar-refractivity contribution in [3.05, 3.63) is 70.8 Å². The van der Waals surface area contributed by atoms with Crippen LogP contribution < -0.4 is 5.32 Å². The highest BCUT2D eigenvalue weighted by atomic mass is 19.4. The zero-order valence-electron chi connectivity index (χ0n) is 15.6. The number of halogens is 3. The summed E-state index contributed by atoms with van der Waals surface area (Å²) >= 11 is 0. The van der Waals surface area contributed by atoms with Crippen molar-refractivity contribution in [1.29, 1.82) is 0 Å². The number of carbonyl (C=O) groups is 3. The molecule has 6 nitrogen and oxygen atoms in total. The molecule has 9 heteroatoms. The van der Waals surface area contributed by atoms with E-state index < -0.39 is 35.6 Å². The summed E-state index contributed by atoms with van der Waals surface area (Å²) in [7, 11) is 2.33. The molecule has 0 aliphatic carbocycles. The molecule has 29 heavy (non-hydrogen) atoms. The Morgan fingerprint density at radius 2 is 1.59 bits per heavy atom. The number of carbonyl (C=O) groups excluding carboxylic acids is 3. The van der Waals surface area contributed by atoms with Gasteiger partial charge >= 0.3 is 18.1 Å². The third-order valence-electron chi connectivity index (χ3n) is 4.06. The highest BCUT2D eigenvalue weighted by Gasteiger charge is 2.30. The van der Waals surface area contributed by atoms with Gasteiger partial charge in [0.25, 0.3) is 5.91 Å². The number of hydrogen-bond donors (Lipinski definition) is 1. The van der Waals surface area contributed by atoms with Crippen molar-refractivity contribution in [2.45, 2.75) is 18.6 Å². The highest BCUT2D eigenvalue weighted by Crippen LogP contribution is 2.29. The molecule has 0 radical (unpaired) electrons. The van der Waals surface area contributed by atoms with E-state index in [1.54, 1.807) is 0 Å². The Morgan fingerprint density at radius 3 is 2.14 bits per heavy atom. The molecule has 2 rings (SSSR count). The fourth-order valence-corrected chi connectivity index (χ4v) is 2.55. The topological polar surface area (TPSA) is 81.7 Å². The fraction of sp³-hybridized carbons (Fsp3) is 0.250. The highest BCUT2D eigenvalue weighted by molar-refractivity contribution is 5.99. The third kappa shape index (κ3) is 5.81. The van der Waals surface area contributed by atoms with Gasteiger partial charge in [-0.3, -0.25) is 4.79 Å². The average Bonchev–Trinajstić information content (AvgIpc) is 2.71. The van der Waals surface area contributed by atoms with Crippen LogP contribution in [0.2, 0.25) is 0 Å². The minimum Gasteiger partial charge on any atom is -0.467 e. The van der Waals surface area contributed by atoms with E-state index in [1.807, 2.05) is 0 Å². The van der Waals surface area contributed by atoms with Gasteiger partial charge in [0.2, 0.25) is 0 Å². The molecule has 0 bridgehead atoms. The summed E-state index contributed by atoms with van der Waals surface area (Å²) in [4.78, 5) is 36.1. The number of rotatable bonds is 6. The van der Waals surface area contributed by atoms with Crippen molar-refractivity contribution in [2.24, 2.45) is 0 Å². The van der Waals surface area contributed by atoms with Crippen molar-refractivity contribution >= 4 is 17.8 Å². The Morgan fingerprint density at radius 1 is 0.966 bits per heavy atom. The van der Waals surface area contributed by atoms with Crippen LogP contribution in [0.15, 0.2) is 48.5 Å². The molecular formula is C20H18F3NO5. The van der Waals surface area contributed by atoms with Crippen molar-refractivity contribution in [2.75, 3.05) is 14.2 Å². The molecule has 0 spiro atoms. The summed E-state index contributed by atoms with van der Waals surface area (Å²) in [5.74, 6) is -2.05. The molecule has 0 heterocycles. The van der Waals surface area contributed by atoms with Gasteiger partial charge in [-0.15, -0.1) is 0 Å². The lowest BCUT2D eigenvalue weighted by molar-refractivity contribution is -0.143. The zero-order valence-corrected chi connectivity index (χ0v) is 15.6. The van der Waals surface area contributed by atoms with E-state index in [-0.39, 0.29) is 17.5 Å². The van der Waals surface area contributed by atoms with Crippen LogP contribution in [0, 0.1) is 0 Å². The first-order chi connectivity index (χ1) is 13.7. The lowest BCUT2D eigenvalue weighted by atomic mass is 10.0. The second kappa shape index (κ2) is 9.22. The van der Waals surface area contributed by atoms with Crippen LogP contribution in [-0.2, 0) is 26.9 Å². The first-order valence-corrected chi connectivity index (χ1v) is 8.39. The number of amides is 1.